The van der Waals surface area contributed by atoms with E-state index >= 15 is 0 Å². The molecule has 2 aromatic rings. The Morgan fingerprint density at radius 3 is 2.93 bits per heavy atom. The maximum absolute atomic E-state index is 11.3. The van der Waals surface area contributed by atoms with Crippen molar-refractivity contribution in [3.05, 3.63) is 23.3 Å². The molecule has 0 atom stereocenters. The molecule has 80 valence electrons. The Kier molecular flexibility index (Phi) is 3.49. The van der Waals surface area contributed by atoms with Gasteiger partial charge in [0.25, 0.3) is 0 Å². The lowest BCUT2D eigenvalue weighted by atomic mass is 10.2. The highest BCUT2D eigenvalue weighted by Crippen LogP contribution is 2.32. The van der Waals surface area contributed by atoms with Crippen LogP contribution in [0.2, 0.25) is 0 Å². The number of carbonyl (C=O) groups is 1. The van der Waals surface area contributed by atoms with Crippen molar-refractivity contribution in [2.45, 2.75) is 0 Å². The van der Waals surface area contributed by atoms with E-state index in [0.29, 0.717) is 10.6 Å². The van der Waals surface area contributed by atoms with Crippen LogP contribution in [-0.4, -0.2) is 18.1 Å². The second-order valence-corrected chi connectivity index (χ2v) is 3.76. The fourth-order valence-electron chi connectivity index (χ4n) is 1.22. The highest BCUT2D eigenvalue weighted by Gasteiger charge is 2.16. The number of rotatable bonds is 1. The molecule has 0 amide bonds. The minimum absolute atomic E-state index is 0. The lowest BCUT2D eigenvalue weighted by Gasteiger charge is -1.95. The summed E-state index contributed by atoms with van der Waals surface area (Å²) in [4.78, 5) is 15.7. The standard InChI is InChI=1S/C9H8N2O2S.ClH/c1-13-9(12)8-7(10)5-2-3-11-4-6(5)14-8;/h2-4H,10H2,1H3;1H. The van der Waals surface area contributed by atoms with Gasteiger partial charge < -0.3 is 10.5 Å². The van der Waals surface area contributed by atoms with Gasteiger partial charge in [0.2, 0.25) is 0 Å². The number of halogens is 1. The van der Waals surface area contributed by atoms with Crippen molar-refractivity contribution in [1.29, 1.82) is 0 Å². The van der Waals surface area contributed by atoms with Gasteiger partial charge in [0.1, 0.15) is 4.88 Å². The Morgan fingerprint density at radius 2 is 2.33 bits per heavy atom. The predicted octanol–water partition coefficient (Wildman–Crippen LogP) is 2.09. The Labute approximate surface area is 96.5 Å². The molecule has 0 spiro atoms. The molecule has 0 fully saturated rings. The summed E-state index contributed by atoms with van der Waals surface area (Å²) in [5, 5.41) is 0.852. The molecule has 2 N–H and O–H groups in total. The molecule has 6 heteroatoms. The molecule has 2 heterocycles. The van der Waals surface area contributed by atoms with Crippen LogP contribution >= 0.6 is 23.7 Å². The number of methoxy groups -OCH3 is 1. The van der Waals surface area contributed by atoms with Crippen LogP contribution in [0.4, 0.5) is 5.69 Å². The summed E-state index contributed by atoms with van der Waals surface area (Å²) in [5.41, 5.74) is 6.27. The summed E-state index contributed by atoms with van der Waals surface area (Å²) in [6, 6.07) is 1.79. The van der Waals surface area contributed by atoms with E-state index in [1.165, 1.54) is 18.4 Å². The Morgan fingerprint density at radius 1 is 1.60 bits per heavy atom. The first-order valence-corrected chi connectivity index (χ1v) is 4.76. The van der Waals surface area contributed by atoms with Crippen molar-refractivity contribution in [2.75, 3.05) is 12.8 Å². The van der Waals surface area contributed by atoms with Gasteiger partial charge in [-0.15, -0.1) is 23.7 Å². The number of esters is 1. The van der Waals surface area contributed by atoms with Crippen molar-refractivity contribution in [3.8, 4) is 0 Å². The van der Waals surface area contributed by atoms with E-state index in [4.69, 9.17) is 5.73 Å². The number of aromatic nitrogens is 1. The van der Waals surface area contributed by atoms with Crippen molar-refractivity contribution < 1.29 is 9.53 Å². The second-order valence-electron chi connectivity index (χ2n) is 2.71. The predicted molar refractivity (Wildman–Crippen MR) is 62.6 cm³/mol. The molecular weight excluding hydrogens is 236 g/mol. The van der Waals surface area contributed by atoms with Gasteiger partial charge in [0.05, 0.1) is 17.5 Å². The highest BCUT2D eigenvalue weighted by molar-refractivity contribution is 7.21. The van der Waals surface area contributed by atoms with Crippen molar-refractivity contribution in [3.63, 3.8) is 0 Å². The summed E-state index contributed by atoms with van der Waals surface area (Å²) in [7, 11) is 1.34. The first-order chi connectivity index (χ1) is 6.74. The molecule has 2 rings (SSSR count). The van der Waals surface area contributed by atoms with Crippen LogP contribution in [0.1, 0.15) is 9.67 Å². The fourth-order valence-corrected chi connectivity index (χ4v) is 2.22. The average Bonchev–Trinajstić information content (AvgIpc) is 2.56. The van der Waals surface area contributed by atoms with Gasteiger partial charge in [-0.05, 0) is 6.07 Å². The number of carbonyl (C=O) groups excluding carboxylic acids is 1. The summed E-state index contributed by atoms with van der Waals surface area (Å²) in [5.74, 6) is -0.399. The lowest BCUT2D eigenvalue weighted by molar-refractivity contribution is 0.0607. The molecule has 0 saturated heterocycles. The fraction of sp³-hybridized carbons (Fsp3) is 0.111. The molecule has 0 aliphatic heterocycles. The SMILES string of the molecule is COC(=O)c1sc2cnccc2c1N.Cl. The summed E-state index contributed by atoms with van der Waals surface area (Å²) < 4.78 is 5.51. The Balaban J connectivity index is 0.00000112. The first-order valence-electron chi connectivity index (χ1n) is 3.94. The van der Waals surface area contributed by atoms with E-state index in [1.54, 1.807) is 18.5 Å². The molecule has 0 aliphatic carbocycles. The number of thiophene rings is 1. The summed E-state index contributed by atoms with van der Waals surface area (Å²) in [6.07, 6.45) is 3.33. The van der Waals surface area contributed by atoms with Crippen LogP contribution in [0, 0.1) is 0 Å². The van der Waals surface area contributed by atoms with E-state index in [0.717, 1.165) is 10.1 Å². The maximum Gasteiger partial charge on any atom is 0.350 e. The first kappa shape index (κ1) is 11.7. The number of nitrogens with two attached hydrogens (primary N) is 1. The average molecular weight is 245 g/mol. The van der Waals surface area contributed by atoms with E-state index < -0.39 is 5.97 Å². The van der Waals surface area contributed by atoms with Gasteiger partial charge >= 0.3 is 5.97 Å². The number of hydrogen-bond donors (Lipinski definition) is 1. The molecule has 0 radical (unpaired) electrons. The van der Waals surface area contributed by atoms with Crippen LogP contribution in [0.3, 0.4) is 0 Å². The van der Waals surface area contributed by atoms with E-state index in [-0.39, 0.29) is 12.4 Å². The van der Waals surface area contributed by atoms with Crippen LogP contribution in [0.15, 0.2) is 18.5 Å². The quantitative estimate of drug-likeness (QED) is 0.780. The number of nitrogen functional groups attached to an aromatic ring is 1. The number of hydrogen-bond acceptors (Lipinski definition) is 5. The molecule has 15 heavy (non-hydrogen) atoms. The minimum Gasteiger partial charge on any atom is -0.465 e. The molecule has 0 unspecified atom stereocenters. The van der Waals surface area contributed by atoms with E-state index in [9.17, 15) is 4.79 Å². The van der Waals surface area contributed by atoms with Gasteiger partial charge in [-0.2, -0.15) is 0 Å². The third kappa shape index (κ3) is 1.88. The largest absolute Gasteiger partial charge is 0.465 e. The zero-order valence-corrected chi connectivity index (χ0v) is 9.52. The molecular formula is C9H9ClN2O2S. The molecule has 2 aromatic heterocycles. The van der Waals surface area contributed by atoms with Crippen molar-refractivity contribution in [1.82, 2.24) is 4.98 Å². The summed E-state index contributed by atoms with van der Waals surface area (Å²) >= 11 is 1.29. The second kappa shape index (κ2) is 4.46. The molecule has 0 aliphatic rings. The topological polar surface area (TPSA) is 65.2 Å². The molecule has 0 aromatic carbocycles. The van der Waals surface area contributed by atoms with Crippen molar-refractivity contribution in [2.24, 2.45) is 0 Å². The number of nitrogens with zero attached hydrogens (tertiary/aromatic N) is 1. The summed E-state index contributed by atoms with van der Waals surface area (Å²) in [6.45, 7) is 0. The van der Waals surface area contributed by atoms with Crippen molar-refractivity contribution >= 4 is 45.5 Å². The smallest absolute Gasteiger partial charge is 0.350 e. The lowest BCUT2D eigenvalue weighted by Crippen LogP contribution is -2.01. The zero-order valence-electron chi connectivity index (χ0n) is 7.89. The molecule has 0 saturated carbocycles. The third-order valence-electron chi connectivity index (χ3n) is 1.90. The number of anilines is 1. The van der Waals surface area contributed by atoms with Gasteiger partial charge in [-0.3, -0.25) is 4.98 Å². The van der Waals surface area contributed by atoms with Gasteiger partial charge in [0, 0.05) is 17.8 Å². The highest BCUT2D eigenvalue weighted by atomic mass is 35.5. The number of fused-ring (bicyclic) bond motifs is 1. The van der Waals surface area contributed by atoms with Gasteiger partial charge in [0.15, 0.2) is 0 Å². The molecule has 0 bridgehead atoms. The van der Waals surface area contributed by atoms with Crippen LogP contribution in [0.5, 0.6) is 0 Å². The monoisotopic (exact) mass is 244 g/mol. The zero-order chi connectivity index (χ0) is 10.1. The number of pyridine rings is 1. The van der Waals surface area contributed by atoms with Crippen LogP contribution in [0.25, 0.3) is 10.1 Å². The molecule has 4 nitrogen and oxygen atoms in total. The third-order valence-corrected chi connectivity index (χ3v) is 3.04. The Hall–Kier alpha value is -1.33. The normalized spacial score (nSPS) is 9.67. The van der Waals surface area contributed by atoms with Gasteiger partial charge in [-0.25, -0.2) is 4.79 Å². The minimum atomic E-state index is -0.399. The number of ether oxygens (including phenoxy) is 1. The van der Waals surface area contributed by atoms with Gasteiger partial charge in [-0.1, -0.05) is 0 Å². The van der Waals surface area contributed by atoms with Crippen LogP contribution in [-0.2, 0) is 4.74 Å². The van der Waals surface area contributed by atoms with Crippen LogP contribution < -0.4 is 5.73 Å². The Bertz CT molecular complexity index is 498. The van der Waals surface area contributed by atoms with E-state index in [2.05, 4.69) is 9.72 Å². The van der Waals surface area contributed by atoms with E-state index in [1.807, 2.05) is 0 Å². The maximum atomic E-state index is 11.3.